The number of morpholine rings is 1. The maximum absolute atomic E-state index is 12.1. The molecular formula is C9H14N4O4S. The zero-order valence-corrected chi connectivity index (χ0v) is 10.7. The second kappa shape index (κ2) is 4.67. The molecule has 3 N–H and O–H groups in total. The summed E-state index contributed by atoms with van der Waals surface area (Å²) < 4.78 is 28.0. The Kier molecular flexibility index (Phi) is 3.37. The van der Waals surface area contributed by atoms with Gasteiger partial charge in [0.25, 0.3) is 5.91 Å². The molecule has 1 aliphatic rings. The number of primary sulfonamides is 1. The molecule has 1 amide bonds. The molecule has 0 spiro atoms. The van der Waals surface area contributed by atoms with Crippen molar-refractivity contribution in [3.8, 4) is 0 Å². The van der Waals surface area contributed by atoms with E-state index in [0.717, 1.165) is 0 Å². The van der Waals surface area contributed by atoms with Crippen molar-refractivity contribution in [1.29, 1.82) is 0 Å². The highest BCUT2D eigenvalue weighted by atomic mass is 32.2. The van der Waals surface area contributed by atoms with E-state index in [1.807, 2.05) is 0 Å². The zero-order chi connectivity index (χ0) is 13.3. The molecule has 1 aliphatic heterocycles. The first-order valence-electron chi connectivity index (χ1n) is 5.36. The zero-order valence-electron chi connectivity index (χ0n) is 9.84. The van der Waals surface area contributed by atoms with Crippen LogP contribution in [0.4, 0.5) is 0 Å². The number of aromatic nitrogens is 2. The van der Waals surface area contributed by atoms with Gasteiger partial charge in [-0.2, -0.15) is 5.10 Å². The number of carbonyl (C=O) groups is 1. The van der Waals surface area contributed by atoms with Crippen molar-refractivity contribution in [3.05, 3.63) is 11.4 Å². The fraction of sp³-hybridized carbons (Fsp3) is 0.556. The predicted octanol–water partition coefficient (Wildman–Crippen LogP) is -1.16. The first-order chi connectivity index (χ1) is 8.41. The average Bonchev–Trinajstić information content (AvgIpc) is 2.71. The second-order valence-electron chi connectivity index (χ2n) is 3.98. The number of nitrogens with zero attached hydrogens (tertiary/aromatic N) is 2. The second-order valence-corrected chi connectivity index (χ2v) is 5.47. The Morgan fingerprint density at radius 1 is 1.44 bits per heavy atom. The topological polar surface area (TPSA) is 118 Å². The normalized spacial score (nSPS) is 16.9. The molecule has 1 aromatic heterocycles. The number of carbonyl (C=O) groups excluding carboxylic acids is 1. The number of ether oxygens (including phenoxy) is 1. The summed E-state index contributed by atoms with van der Waals surface area (Å²) in [6, 6.07) is 0. The van der Waals surface area contributed by atoms with Gasteiger partial charge in [0.15, 0.2) is 5.69 Å². The van der Waals surface area contributed by atoms with Gasteiger partial charge in [-0.3, -0.25) is 9.89 Å². The molecule has 9 heteroatoms. The number of amides is 1. The lowest BCUT2D eigenvalue weighted by atomic mass is 10.3. The number of aromatic amines is 1. The van der Waals surface area contributed by atoms with E-state index >= 15 is 0 Å². The number of rotatable bonds is 2. The van der Waals surface area contributed by atoms with Gasteiger partial charge in [0.1, 0.15) is 4.90 Å². The van der Waals surface area contributed by atoms with Gasteiger partial charge in [-0.25, -0.2) is 13.6 Å². The van der Waals surface area contributed by atoms with Gasteiger partial charge in [0.2, 0.25) is 10.0 Å². The quantitative estimate of drug-likeness (QED) is 0.705. The first-order valence-corrected chi connectivity index (χ1v) is 6.90. The summed E-state index contributed by atoms with van der Waals surface area (Å²) in [7, 11) is -3.98. The molecule has 0 radical (unpaired) electrons. The summed E-state index contributed by atoms with van der Waals surface area (Å²) in [6.07, 6.45) is 0. The van der Waals surface area contributed by atoms with Gasteiger partial charge in [-0.05, 0) is 6.92 Å². The predicted molar refractivity (Wildman–Crippen MR) is 61.4 cm³/mol. The van der Waals surface area contributed by atoms with E-state index in [4.69, 9.17) is 9.88 Å². The van der Waals surface area contributed by atoms with Crippen LogP contribution in [0.5, 0.6) is 0 Å². The van der Waals surface area contributed by atoms with Crippen LogP contribution < -0.4 is 5.14 Å². The van der Waals surface area contributed by atoms with Gasteiger partial charge in [0.05, 0.1) is 18.9 Å². The molecular weight excluding hydrogens is 260 g/mol. The Balaban J connectivity index is 2.36. The van der Waals surface area contributed by atoms with Gasteiger partial charge in [-0.1, -0.05) is 0 Å². The largest absolute Gasteiger partial charge is 0.378 e. The highest BCUT2D eigenvalue weighted by molar-refractivity contribution is 7.89. The SMILES string of the molecule is Cc1[nH]nc(C(=O)N2CCOCC2)c1S(N)(=O)=O. The average molecular weight is 274 g/mol. The van der Waals surface area contributed by atoms with E-state index in [1.54, 1.807) is 0 Å². The van der Waals surface area contributed by atoms with Crippen molar-refractivity contribution in [3.63, 3.8) is 0 Å². The lowest BCUT2D eigenvalue weighted by molar-refractivity contribution is 0.0296. The minimum atomic E-state index is -3.98. The molecule has 1 fully saturated rings. The standard InChI is InChI=1S/C9H14N4O4S/c1-6-8(18(10,15)16)7(12-11-6)9(14)13-2-4-17-5-3-13/h2-5H2,1H3,(H,11,12)(H2,10,15,16). The van der Waals surface area contributed by atoms with Crippen molar-refractivity contribution in [2.75, 3.05) is 26.3 Å². The van der Waals surface area contributed by atoms with Crippen molar-refractivity contribution in [2.24, 2.45) is 5.14 Å². The smallest absolute Gasteiger partial charge is 0.275 e. The van der Waals surface area contributed by atoms with Crippen LogP contribution in [0.1, 0.15) is 16.2 Å². The fourth-order valence-electron chi connectivity index (χ4n) is 1.83. The van der Waals surface area contributed by atoms with Crippen LogP contribution in [0.25, 0.3) is 0 Å². The molecule has 0 saturated carbocycles. The van der Waals surface area contributed by atoms with Crippen molar-refractivity contribution < 1.29 is 17.9 Å². The fourth-order valence-corrected chi connectivity index (χ4v) is 2.70. The minimum absolute atomic E-state index is 0.156. The molecule has 2 rings (SSSR count). The lowest BCUT2D eigenvalue weighted by Crippen LogP contribution is -2.41. The first kappa shape index (κ1) is 13.0. The summed E-state index contributed by atoms with van der Waals surface area (Å²) in [5, 5.41) is 11.3. The summed E-state index contributed by atoms with van der Waals surface area (Å²) >= 11 is 0. The van der Waals surface area contributed by atoms with Crippen LogP contribution in [0, 0.1) is 6.92 Å². The van der Waals surface area contributed by atoms with Crippen molar-refractivity contribution in [1.82, 2.24) is 15.1 Å². The van der Waals surface area contributed by atoms with E-state index in [-0.39, 0.29) is 16.3 Å². The van der Waals surface area contributed by atoms with Crippen LogP contribution in [-0.4, -0.2) is 55.7 Å². The minimum Gasteiger partial charge on any atom is -0.378 e. The van der Waals surface area contributed by atoms with Crippen molar-refractivity contribution in [2.45, 2.75) is 11.8 Å². The molecule has 0 bridgehead atoms. The van der Waals surface area contributed by atoms with Gasteiger partial charge < -0.3 is 9.64 Å². The summed E-state index contributed by atoms with van der Waals surface area (Å²) in [4.78, 5) is 13.4. The molecule has 0 unspecified atom stereocenters. The third-order valence-electron chi connectivity index (χ3n) is 2.68. The molecule has 0 aromatic carbocycles. The van der Waals surface area contributed by atoms with Crippen LogP contribution in [-0.2, 0) is 14.8 Å². The highest BCUT2D eigenvalue weighted by Crippen LogP contribution is 2.18. The third-order valence-corrected chi connectivity index (χ3v) is 3.75. The monoisotopic (exact) mass is 274 g/mol. The number of hydrogen-bond donors (Lipinski definition) is 2. The van der Waals surface area contributed by atoms with E-state index in [0.29, 0.717) is 26.3 Å². The Morgan fingerprint density at radius 2 is 2.06 bits per heavy atom. The van der Waals surface area contributed by atoms with Crippen LogP contribution in [0.2, 0.25) is 0 Å². The molecule has 8 nitrogen and oxygen atoms in total. The van der Waals surface area contributed by atoms with E-state index < -0.39 is 15.9 Å². The van der Waals surface area contributed by atoms with Gasteiger partial charge in [-0.15, -0.1) is 0 Å². The lowest BCUT2D eigenvalue weighted by Gasteiger charge is -2.26. The molecule has 1 aromatic rings. The Bertz CT molecular complexity index is 559. The van der Waals surface area contributed by atoms with Crippen LogP contribution >= 0.6 is 0 Å². The summed E-state index contributed by atoms with van der Waals surface area (Å²) in [5.74, 6) is -0.452. The van der Waals surface area contributed by atoms with E-state index in [9.17, 15) is 13.2 Å². The van der Waals surface area contributed by atoms with Crippen LogP contribution in [0.3, 0.4) is 0 Å². The molecule has 2 heterocycles. The molecule has 18 heavy (non-hydrogen) atoms. The molecule has 0 atom stereocenters. The van der Waals surface area contributed by atoms with E-state index in [2.05, 4.69) is 10.2 Å². The third kappa shape index (κ3) is 2.37. The number of aryl methyl sites for hydroxylation is 1. The Labute approximate surface area is 104 Å². The number of sulfonamides is 1. The Hall–Kier alpha value is -1.45. The molecule has 1 saturated heterocycles. The number of nitrogens with two attached hydrogens (primary N) is 1. The number of H-pyrrole nitrogens is 1. The number of nitrogens with one attached hydrogen (secondary N) is 1. The highest BCUT2D eigenvalue weighted by Gasteiger charge is 2.29. The van der Waals surface area contributed by atoms with Crippen LogP contribution in [0.15, 0.2) is 4.90 Å². The molecule has 0 aliphatic carbocycles. The van der Waals surface area contributed by atoms with Gasteiger partial charge >= 0.3 is 0 Å². The van der Waals surface area contributed by atoms with E-state index in [1.165, 1.54) is 11.8 Å². The van der Waals surface area contributed by atoms with Crippen molar-refractivity contribution >= 4 is 15.9 Å². The maximum atomic E-state index is 12.1. The van der Waals surface area contributed by atoms with Gasteiger partial charge in [0, 0.05) is 13.1 Å². The summed E-state index contributed by atoms with van der Waals surface area (Å²) in [5.41, 5.74) is 0.103. The molecule has 100 valence electrons. The maximum Gasteiger partial charge on any atom is 0.275 e. The number of hydrogen-bond acceptors (Lipinski definition) is 5. The summed E-state index contributed by atoms with van der Waals surface area (Å²) in [6.45, 7) is 3.19. The Morgan fingerprint density at radius 3 is 2.61 bits per heavy atom.